The van der Waals surface area contributed by atoms with Crippen LogP contribution < -0.4 is 10.6 Å². The van der Waals surface area contributed by atoms with E-state index in [1.54, 1.807) is 0 Å². The Kier molecular flexibility index (Phi) is 4.61. The van der Waals surface area contributed by atoms with Crippen LogP contribution in [-0.4, -0.2) is 33.0 Å². The Labute approximate surface area is 144 Å². The molecule has 0 saturated heterocycles. The first-order valence-electron chi connectivity index (χ1n) is 7.34. The quantitative estimate of drug-likeness (QED) is 0.710. The molecule has 0 aromatic carbocycles. The highest BCUT2D eigenvalue weighted by Gasteiger charge is 2.31. The van der Waals surface area contributed by atoms with Crippen molar-refractivity contribution in [2.75, 3.05) is 6.54 Å². The van der Waals surface area contributed by atoms with E-state index >= 15 is 0 Å². The van der Waals surface area contributed by atoms with Crippen molar-refractivity contribution in [3.63, 3.8) is 0 Å². The first-order chi connectivity index (χ1) is 12.3. The number of hydrogen-bond donors (Lipinski definition) is 2. The number of nitrogens with zero attached hydrogens (tertiary/aromatic N) is 3. The molecule has 2 N–H and O–H groups in total. The van der Waals surface area contributed by atoms with Crippen LogP contribution in [0.5, 0.6) is 0 Å². The zero-order valence-corrected chi connectivity index (χ0v) is 13.1. The zero-order chi connectivity index (χ0) is 18.7. The molecule has 0 fully saturated rings. The van der Waals surface area contributed by atoms with Crippen LogP contribution in [0.2, 0.25) is 0 Å². The fraction of sp³-hybridized carbons (Fsp3) is 0.200. The second-order valence-corrected chi connectivity index (χ2v) is 5.20. The van der Waals surface area contributed by atoms with Gasteiger partial charge in [0, 0.05) is 6.20 Å². The molecule has 0 aliphatic heterocycles. The van der Waals surface area contributed by atoms with Gasteiger partial charge in [-0.3, -0.25) is 14.0 Å². The highest BCUT2D eigenvalue weighted by molar-refractivity contribution is 5.94. The van der Waals surface area contributed by atoms with Crippen LogP contribution in [0, 0.1) is 0 Å². The van der Waals surface area contributed by atoms with Gasteiger partial charge in [0.2, 0.25) is 5.91 Å². The van der Waals surface area contributed by atoms with E-state index < -0.39 is 23.6 Å². The summed E-state index contributed by atoms with van der Waals surface area (Å²) in [6.07, 6.45) is -2.33. The summed E-state index contributed by atoms with van der Waals surface area (Å²) >= 11 is 0. The van der Waals surface area contributed by atoms with Gasteiger partial charge in [-0.05, 0) is 24.3 Å². The number of nitrogens with one attached hydrogen (secondary N) is 2. The lowest BCUT2D eigenvalue weighted by Crippen LogP contribution is -2.36. The molecule has 0 atom stereocenters. The Morgan fingerprint density at radius 1 is 1.15 bits per heavy atom. The van der Waals surface area contributed by atoms with Crippen molar-refractivity contribution in [1.82, 2.24) is 25.2 Å². The molecule has 3 aromatic heterocycles. The second kappa shape index (κ2) is 6.86. The van der Waals surface area contributed by atoms with E-state index in [1.807, 2.05) is 0 Å². The Morgan fingerprint density at radius 3 is 2.65 bits per heavy atom. The SMILES string of the molecule is O=C(CNC(=O)c1ccco1)NCc1nnc2ccc(C(F)(F)F)cn12. The van der Waals surface area contributed by atoms with Gasteiger partial charge in [-0.1, -0.05) is 0 Å². The minimum Gasteiger partial charge on any atom is -0.459 e. The van der Waals surface area contributed by atoms with Crippen LogP contribution >= 0.6 is 0 Å². The van der Waals surface area contributed by atoms with Crippen molar-refractivity contribution in [3.8, 4) is 0 Å². The van der Waals surface area contributed by atoms with Crippen LogP contribution in [0.4, 0.5) is 13.2 Å². The molecule has 0 aliphatic carbocycles. The number of pyridine rings is 1. The average molecular weight is 367 g/mol. The Hall–Kier alpha value is -3.37. The fourth-order valence-electron chi connectivity index (χ4n) is 2.12. The predicted octanol–water partition coefficient (Wildman–Crippen LogP) is 1.39. The summed E-state index contributed by atoms with van der Waals surface area (Å²) in [6, 6.07) is 5.05. The van der Waals surface area contributed by atoms with Gasteiger partial charge in [-0.25, -0.2) is 0 Å². The number of aromatic nitrogens is 3. The molecule has 0 spiro atoms. The molecule has 0 radical (unpaired) electrons. The van der Waals surface area contributed by atoms with Crippen LogP contribution in [0.3, 0.4) is 0 Å². The van der Waals surface area contributed by atoms with Gasteiger partial charge in [-0.2, -0.15) is 13.2 Å². The lowest BCUT2D eigenvalue weighted by Gasteiger charge is -2.08. The lowest BCUT2D eigenvalue weighted by molar-refractivity contribution is -0.137. The molecule has 0 bridgehead atoms. The van der Waals surface area contributed by atoms with Gasteiger partial charge < -0.3 is 15.1 Å². The van der Waals surface area contributed by atoms with Crippen molar-refractivity contribution >= 4 is 17.5 Å². The highest BCUT2D eigenvalue weighted by Crippen LogP contribution is 2.29. The first kappa shape index (κ1) is 17.5. The molecule has 3 rings (SSSR count). The van der Waals surface area contributed by atoms with E-state index in [1.165, 1.54) is 24.5 Å². The van der Waals surface area contributed by atoms with E-state index in [4.69, 9.17) is 4.42 Å². The standard InChI is InChI=1S/C15H12F3N5O3/c16-15(17,18)9-3-4-11-21-22-12(23(11)8-9)6-19-13(24)7-20-14(25)10-2-1-5-26-10/h1-5,8H,6-7H2,(H,19,24)(H,20,25). The normalized spacial score (nSPS) is 11.5. The van der Waals surface area contributed by atoms with Crippen LogP contribution in [0.1, 0.15) is 21.9 Å². The molecular formula is C15H12F3N5O3. The van der Waals surface area contributed by atoms with Crippen LogP contribution in [-0.2, 0) is 17.5 Å². The maximum Gasteiger partial charge on any atom is 0.417 e. The number of hydrogen-bond acceptors (Lipinski definition) is 5. The number of halogens is 3. The minimum absolute atomic E-state index is 0.0564. The van der Waals surface area contributed by atoms with Gasteiger partial charge >= 0.3 is 6.18 Å². The Balaban J connectivity index is 1.60. The van der Waals surface area contributed by atoms with Crippen molar-refractivity contribution in [2.24, 2.45) is 0 Å². The summed E-state index contributed by atoms with van der Waals surface area (Å²) in [4.78, 5) is 23.4. The van der Waals surface area contributed by atoms with Gasteiger partial charge in [0.25, 0.3) is 5.91 Å². The van der Waals surface area contributed by atoms with E-state index in [2.05, 4.69) is 20.8 Å². The molecule has 0 aliphatic rings. The first-order valence-corrected chi connectivity index (χ1v) is 7.34. The predicted molar refractivity (Wildman–Crippen MR) is 80.9 cm³/mol. The molecule has 136 valence electrons. The zero-order valence-electron chi connectivity index (χ0n) is 13.1. The Bertz CT molecular complexity index is 934. The van der Waals surface area contributed by atoms with E-state index in [0.29, 0.717) is 0 Å². The number of fused-ring (bicyclic) bond motifs is 1. The number of amides is 2. The molecule has 3 heterocycles. The molecule has 3 aromatic rings. The lowest BCUT2D eigenvalue weighted by atomic mass is 10.3. The molecule has 2 amide bonds. The Morgan fingerprint density at radius 2 is 1.96 bits per heavy atom. The molecule has 11 heteroatoms. The van der Waals surface area contributed by atoms with Crippen LogP contribution in [0.15, 0.2) is 41.1 Å². The third-order valence-corrected chi connectivity index (χ3v) is 3.40. The van der Waals surface area contributed by atoms with Crippen molar-refractivity contribution in [3.05, 3.63) is 53.9 Å². The van der Waals surface area contributed by atoms with Gasteiger partial charge in [0.05, 0.1) is 24.9 Å². The smallest absolute Gasteiger partial charge is 0.417 e. The average Bonchev–Trinajstić information content (AvgIpc) is 3.26. The van der Waals surface area contributed by atoms with E-state index in [-0.39, 0.29) is 30.3 Å². The monoisotopic (exact) mass is 367 g/mol. The van der Waals surface area contributed by atoms with Gasteiger partial charge in [-0.15, -0.1) is 10.2 Å². The maximum atomic E-state index is 12.8. The molecule has 0 unspecified atom stereocenters. The van der Waals surface area contributed by atoms with Gasteiger partial charge in [0.15, 0.2) is 17.2 Å². The number of rotatable bonds is 5. The molecule has 26 heavy (non-hydrogen) atoms. The van der Waals surface area contributed by atoms with Gasteiger partial charge in [0.1, 0.15) is 0 Å². The summed E-state index contributed by atoms with van der Waals surface area (Å²) in [5.74, 6) is -0.931. The topological polar surface area (TPSA) is 102 Å². The summed E-state index contributed by atoms with van der Waals surface area (Å²) < 4.78 is 44.4. The summed E-state index contributed by atoms with van der Waals surface area (Å²) in [7, 11) is 0. The summed E-state index contributed by atoms with van der Waals surface area (Å²) in [5, 5.41) is 12.3. The highest BCUT2D eigenvalue weighted by atomic mass is 19.4. The molecular weight excluding hydrogens is 355 g/mol. The summed E-state index contributed by atoms with van der Waals surface area (Å²) in [6.45, 7) is -0.484. The number of carbonyl (C=O) groups is 2. The maximum absolute atomic E-state index is 12.8. The van der Waals surface area contributed by atoms with Crippen molar-refractivity contribution in [1.29, 1.82) is 0 Å². The van der Waals surface area contributed by atoms with E-state index in [0.717, 1.165) is 16.7 Å². The van der Waals surface area contributed by atoms with Crippen molar-refractivity contribution in [2.45, 2.75) is 12.7 Å². The van der Waals surface area contributed by atoms with Crippen LogP contribution in [0.25, 0.3) is 5.65 Å². The minimum atomic E-state index is -4.50. The second-order valence-electron chi connectivity index (χ2n) is 5.20. The van der Waals surface area contributed by atoms with Crippen molar-refractivity contribution < 1.29 is 27.2 Å². The largest absolute Gasteiger partial charge is 0.459 e. The number of furan rings is 1. The third-order valence-electron chi connectivity index (χ3n) is 3.40. The molecule has 8 nitrogen and oxygen atoms in total. The van der Waals surface area contributed by atoms with E-state index in [9.17, 15) is 22.8 Å². The molecule has 0 saturated carbocycles. The number of alkyl halides is 3. The third kappa shape index (κ3) is 3.82. The fourth-order valence-corrected chi connectivity index (χ4v) is 2.12. The number of carbonyl (C=O) groups excluding carboxylic acids is 2. The summed E-state index contributed by atoms with van der Waals surface area (Å²) in [5.41, 5.74) is -0.642.